The molecule has 0 saturated carbocycles. The van der Waals surface area contributed by atoms with Crippen LogP contribution in [0.4, 0.5) is 11.5 Å². The topological polar surface area (TPSA) is 54.8 Å². The Bertz CT molecular complexity index is 2000. The Labute approximate surface area is 205 Å². The first-order chi connectivity index (χ1) is 17.8. The maximum Gasteiger partial charge on any atom is 0.229 e. The molecule has 0 amide bonds. The smallest absolute Gasteiger partial charge is 0.229 e. The Morgan fingerprint density at radius 2 is 1.39 bits per heavy atom. The van der Waals surface area contributed by atoms with Gasteiger partial charge in [0, 0.05) is 27.4 Å². The molecule has 1 aliphatic heterocycles. The average Bonchev–Trinajstić information content (AvgIpc) is 3.61. The van der Waals surface area contributed by atoms with Crippen molar-refractivity contribution in [1.82, 2.24) is 4.98 Å². The molecule has 36 heavy (non-hydrogen) atoms. The highest BCUT2D eigenvalue weighted by molar-refractivity contribution is 6.17. The number of aromatic nitrogens is 1. The average molecular weight is 466 g/mol. The van der Waals surface area contributed by atoms with E-state index in [2.05, 4.69) is 65.6 Å². The third-order valence-electron chi connectivity index (χ3n) is 6.95. The Morgan fingerprint density at radius 3 is 2.28 bits per heavy atom. The predicted octanol–water partition coefficient (Wildman–Crippen LogP) is 7.98. The molecule has 0 fully saturated rings. The minimum absolute atomic E-state index is 0.568. The van der Waals surface area contributed by atoms with Crippen LogP contribution in [0.5, 0.6) is 0 Å². The van der Waals surface area contributed by atoms with Crippen molar-refractivity contribution >= 4 is 61.2 Å². The van der Waals surface area contributed by atoms with Crippen LogP contribution in [0.15, 0.2) is 117 Å². The minimum atomic E-state index is 0.568. The molecular weight excluding hydrogens is 446 g/mol. The largest absolute Gasteiger partial charge is 0.452 e. The number of anilines is 2. The fraction of sp³-hybridized carbons (Fsp3) is 0.0323. The Hall–Kier alpha value is -4.90. The summed E-state index contributed by atoms with van der Waals surface area (Å²) >= 11 is 0. The highest BCUT2D eigenvalue weighted by atomic mass is 16.3. The molecule has 3 aromatic heterocycles. The molecule has 5 nitrogen and oxygen atoms in total. The molecule has 0 radical (unpaired) electrons. The van der Waals surface area contributed by atoms with Crippen LogP contribution < -0.4 is 4.90 Å². The zero-order valence-electron chi connectivity index (χ0n) is 19.2. The van der Waals surface area contributed by atoms with E-state index in [0.717, 1.165) is 61.4 Å². The van der Waals surface area contributed by atoms with Gasteiger partial charge in [0.05, 0.1) is 6.54 Å². The maximum absolute atomic E-state index is 6.35. The van der Waals surface area contributed by atoms with Gasteiger partial charge in [0.1, 0.15) is 17.0 Å². The van der Waals surface area contributed by atoms with E-state index in [9.17, 15) is 0 Å². The number of rotatable bonds is 2. The van der Waals surface area contributed by atoms with E-state index in [-0.39, 0.29) is 0 Å². The van der Waals surface area contributed by atoms with E-state index >= 15 is 0 Å². The van der Waals surface area contributed by atoms with Crippen molar-refractivity contribution in [3.8, 4) is 0 Å². The van der Waals surface area contributed by atoms with Crippen LogP contribution >= 0.6 is 0 Å². The molecule has 0 N–H and O–H groups in total. The lowest BCUT2D eigenvalue weighted by Crippen LogP contribution is -2.26. The minimum Gasteiger partial charge on any atom is -0.452 e. The van der Waals surface area contributed by atoms with Gasteiger partial charge in [0.25, 0.3) is 0 Å². The summed E-state index contributed by atoms with van der Waals surface area (Å²) in [4.78, 5) is 12.0. The standard InChI is InChI=1S/C31H19N3O2/c1-2-8-20-17-21(14-13-19(20)7-1)34(30-29-25(18-32-30)23-10-4-5-11-26(23)35-29)28-16-15-24-22-9-3-6-12-27(22)36-31(24)33-28/h1-17H,18H2. The van der Waals surface area contributed by atoms with E-state index in [1.54, 1.807) is 0 Å². The Morgan fingerprint density at radius 1 is 0.639 bits per heavy atom. The van der Waals surface area contributed by atoms with E-state index < -0.39 is 0 Å². The van der Waals surface area contributed by atoms with Gasteiger partial charge in [-0.25, -0.2) is 0 Å². The number of benzene rings is 4. The van der Waals surface area contributed by atoms with Crippen LogP contribution in [0.3, 0.4) is 0 Å². The molecule has 0 spiro atoms. The molecule has 4 heterocycles. The van der Waals surface area contributed by atoms with Crippen molar-refractivity contribution in [3.63, 3.8) is 0 Å². The monoisotopic (exact) mass is 465 g/mol. The molecule has 8 rings (SSSR count). The van der Waals surface area contributed by atoms with Gasteiger partial charge in [-0.05, 0) is 47.2 Å². The second kappa shape index (κ2) is 7.30. The quantitative estimate of drug-likeness (QED) is 0.260. The molecule has 0 atom stereocenters. The first-order valence-electron chi connectivity index (χ1n) is 12.0. The number of pyridine rings is 1. The second-order valence-corrected chi connectivity index (χ2v) is 9.03. The van der Waals surface area contributed by atoms with Gasteiger partial charge in [0.2, 0.25) is 5.71 Å². The second-order valence-electron chi connectivity index (χ2n) is 9.03. The van der Waals surface area contributed by atoms with Gasteiger partial charge in [-0.1, -0.05) is 66.7 Å². The number of aliphatic imine (C=N–C) groups is 1. The van der Waals surface area contributed by atoms with Crippen LogP contribution in [-0.4, -0.2) is 10.8 Å². The van der Waals surface area contributed by atoms with Crippen LogP contribution in [0.25, 0.3) is 43.8 Å². The number of fused-ring (bicyclic) bond motifs is 7. The first-order valence-corrected chi connectivity index (χ1v) is 12.0. The highest BCUT2D eigenvalue weighted by Gasteiger charge is 2.30. The normalized spacial score (nSPS) is 13.1. The highest BCUT2D eigenvalue weighted by Crippen LogP contribution is 2.38. The molecular formula is C31H19N3O2. The summed E-state index contributed by atoms with van der Waals surface area (Å²) < 4.78 is 12.5. The summed E-state index contributed by atoms with van der Waals surface area (Å²) in [6.07, 6.45) is 0. The van der Waals surface area contributed by atoms with Gasteiger partial charge < -0.3 is 8.83 Å². The predicted molar refractivity (Wildman–Crippen MR) is 144 cm³/mol. The summed E-state index contributed by atoms with van der Waals surface area (Å²) in [5.74, 6) is 2.26. The summed E-state index contributed by atoms with van der Waals surface area (Å²) in [5.41, 5.74) is 4.36. The van der Waals surface area contributed by atoms with E-state index in [1.165, 1.54) is 5.39 Å². The molecule has 7 aromatic rings. The molecule has 0 bridgehead atoms. The zero-order valence-corrected chi connectivity index (χ0v) is 19.2. The van der Waals surface area contributed by atoms with Gasteiger partial charge >= 0.3 is 0 Å². The van der Waals surface area contributed by atoms with Gasteiger partial charge in [-0.15, -0.1) is 0 Å². The Kier molecular flexibility index (Phi) is 3.93. The van der Waals surface area contributed by atoms with Gasteiger partial charge in [0.15, 0.2) is 11.6 Å². The number of amidine groups is 1. The first kappa shape index (κ1) is 19.4. The lowest BCUT2D eigenvalue weighted by atomic mass is 10.1. The van der Waals surface area contributed by atoms with Crippen molar-refractivity contribution in [2.24, 2.45) is 4.99 Å². The third kappa shape index (κ3) is 2.77. The molecule has 0 aliphatic carbocycles. The fourth-order valence-corrected chi connectivity index (χ4v) is 5.23. The SMILES string of the molecule is c1ccc2cc(N(C3=NCc4c3oc3ccccc43)c3ccc4c(n3)oc3ccccc34)ccc2c1. The molecule has 1 aliphatic rings. The number of furan rings is 2. The molecule has 170 valence electrons. The van der Waals surface area contributed by atoms with Crippen LogP contribution in [-0.2, 0) is 6.54 Å². The number of hydrogen-bond donors (Lipinski definition) is 0. The van der Waals surface area contributed by atoms with Crippen molar-refractivity contribution in [2.45, 2.75) is 6.54 Å². The van der Waals surface area contributed by atoms with Gasteiger partial charge in [-0.3, -0.25) is 9.89 Å². The molecule has 5 heteroatoms. The number of para-hydroxylation sites is 2. The van der Waals surface area contributed by atoms with E-state index in [0.29, 0.717) is 12.3 Å². The van der Waals surface area contributed by atoms with Crippen molar-refractivity contribution in [1.29, 1.82) is 0 Å². The maximum atomic E-state index is 6.35. The molecule has 0 saturated heterocycles. The summed E-state index contributed by atoms with van der Waals surface area (Å²) in [6, 6.07) is 35.0. The lowest BCUT2D eigenvalue weighted by Gasteiger charge is -2.23. The molecule has 4 aromatic carbocycles. The molecule has 0 unspecified atom stereocenters. The Balaban J connectivity index is 1.36. The summed E-state index contributed by atoms with van der Waals surface area (Å²) in [5, 5.41) is 5.48. The summed E-state index contributed by atoms with van der Waals surface area (Å²) in [6.45, 7) is 0.568. The van der Waals surface area contributed by atoms with Crippen LogP contribution in [0, 0.1) is 0 Å². The van der Waals surface area contributed by atoms with Crippen molar-refractivity contribution < 1.29 is 8.83 Å². The van der Waals surface area contributed by atoms with Crippen LogP contribution in [0.1, 0.15) is 11.3 Å². The van der Waals surface area contributed by atoms with Crippen LogP contribution in [0.2, 0.25) is 0 Å². The third-order valence-corrected chi connectivity index (χ3v) is 6.95. The van der Waals surface area contributed by atoms with E-state index in [4.69, 9.17) is 18.8 Å². The number of nitrogens with zero attached hydrogens (tertiary/aromatic N) is 3. The van der Waals surface area contributed by atoms with Crippen molar-refractivity contribution in [2.75, 3.05) is 4.90 Å². The lowest BCUT2D eigenvalue weighted by molar-refractivity contribution is 0.603. The van der Waals surface area contributed by atoms with Gasteiger partial charge in [-0.2, -0.15) is 4.98 Å². The van der Waals surface area contributed by atoms with Crippen molar-refractivity contribution in [3.05, 3.63) is 114 Å². The van der Waals surface area contributed by atoms with E-state index in [1.807, 2.05) is 42.5 Å². The summed E-state index contributed by atoms with van der Waals surface area (Å²) in [7, 11) is 0. The number of hydrogen-bond acceptors (Lipinski definition) is 5. The zero-order chi connectivity index (χ0) is 23.6. The fourth-order valence-electron chi connectivity index (χ4n) is 5.23.